The highest BCUT2D eigenvalue weighted by molar-refractivity contribution is 6.61. The lowest BCUT2D eigenvalue weighted by Gasteiger charge is -2.32. The molecule has 1 aromatic heterocycles. The van der Waals surface area contributed by atoms with Crippen molar-refractivity contribution in [3.05, 3.63) is 12.0 Å². The largest absolute Gasteiger partial charge is 0.513 e. The molecule has 0 aromatic carbocycles. The molecule has 0 saturated carbocycles. The molecule has 1 saturated heterocycles. The summed E-state index contributed by atoms with van der Waals surface area (Å²) in [6.45, 7) is 7.85. The Bertz CT molecular complexity index is 453. The lowest BCUT2D eigenvalue weighted by Crippen LogP contribution is -2.41. The maximum absolute atomic E-state index is 11.3. The van der Waals surface area contributed by atoms with Crippen LogP contribution in [0.1, 0.15) is 38.3 Å². The minimum Gasteiger partial charge on any atom is -0.463 e. The second-order valence-electron chi connectivity index (χ2n) is 5.27. The zero-order valence-electron chi connectivity index (χ0n) is 11.2. The number of hydrogen-bond donors (Lipinski definition) is 1. The number of H-pyrrole nitrogens is 1. The van der Waals surface area contributed by atoms with Gasteiger partial charge in [0.15, 0.2) is 0 Å². The summed E-state index contributed by atoms with van der Waals surface area (Å²) in [5.74, 6) is -0.375. The van der Waals surface area contributed by atoms with Crippen LogP contribution in [-0.4, -0.2) is 41.4 Å². The van der Waals surface area contributed by atoms with Crippen molar-refractivity contribution in [3.63, 3.8) is 0 Å². The Morgan fingerprint density at radius 3 is 2.39 bits per heavy atom. The first kappa shape index (κ1) is 13.1. The van der Waals surface area contributed by atoms with Crippen LogP contribution in [0.5, 0.6) is 0 Å². The van der Waals surface area contributed by atoms with Gasteiger partial charge in [-0.3, -0.25) is 0 Å². The first-order valence-corrected chi connectivity index (χ1v) is 5.76. The van der Waals surface area contributed by atoms with Crippen LogP contribution < -0.4 is 5.59 Å². The molecular formula is C11H17BN2O4. The Morgan fingerprint density at radius 2 is 1.89 bits per heavy atom. The van der Waals surface area contributed by atoms with Gasteiger partial charge in [-0.05, 0) is 27.7 Å². The van der Waals surface area contributed by atoms with Crippen molar-refractivity contribution in [2.75, 3.05) is 7.11 Å². The third-order valence-electron chi connectivity index (χ3n) is 3.48. The number of rotatable bonds is 2. The number of imidazole rings is 1. The van der Waals surface area contributed by atoms with E-state index in [0.717, 1.165) is 0 Å². The number of nitrogens with zero attached hydrogens (tertiary/aromatic N) is 1. The lowest BCUT2D eigenvalue weighted by molar-refractivity contribution is 0.00578. The van der Waals surface area contributed by atoms with Gasteiger partial charge < -0.3 is 19.0 Å². The Labute approximate surface area is 106 Å². The summed E-state index contributed by atoms with van der Waals surface area (Å²) in [6.07, 6.45) is 1.52. The van der Waals surface area contributed by atoms with E-state index in [-0.39, 0.29) is 5.82 Å². The molecule has 1 aliphatic heterocycles. The average Bonchev–Trinajstić information content (AvgIpc) is 2.82. The van der Waals surface area contributed by atoms with Gasteiger partial charge in [0, 0.05) is 6.20 Å². The van der Waals surface area contributed by atoms with E-state index >= 15 is 0 Å². The van der Waals surface area contributed by atoms with Crippen molar-refractivity contribution >= 4 is 18.7 Å². The fraction of sp³-hybridized carbons (Fsp3) is 0.636. The van der Waals surface area contributed by atoms with Gasteiger partial charge in [-0.15, -0.1) is 0 Å². The van der Waals surface area contributed by atoms with E-state index in [2.05, 4.69) is 14.7 Å². The number of methoxy groups -OCH3 is 1. The molecular weight excluding hydrogens is 235 g/mol. The van der Waals surface area contributed by atoms with Gasteiger partial charge in [0.25, 0.3) is 0 Å². The predicted octanol–water partition coefficient (Wildman–Crippen LogP) is 0.495. The van der Waals surface area contributed by atoms with Crippen molar-refractivity contribution in [1.82, 2.24) is 9.97 Å². The van der Waals surface area contributed by atoms with Crippen molar-refractivity contribution in [2.24, 2.45) is 0 Å². The van der Waals surface area contributed by atoms with E-state index < -0.39 is 24.3 Å². The number of carbonyl (C=O) groups excluding carboxylic acids is 1. The number of aromatic nitrogens is 2. The Hall–Kier alpha value is -1.34. The molecule has 18 heavy (non-hydrogen) atoms. The van der Waals surface area contributed by atoms with Crippen LogP contribution in [0.15, 0.2) is 6.20 Å². The van der Waals surface area contributed by atoms with Crippen molar-refractivity contribution < 1.29 is 18.8 Å². The predicted molar refractivity (Wildman–Crippen MR) is 65.6 cm³/mol. The SMILES string of the molecule is COC(=O)c1ncc(B2OC(C)(C)C(C)(C)O2)[nH]1. The van der Waals surface area contributed by atoms with Crippen LogP contribution in [0.3, 0.4) is 0 Å². The number of ether oxygens (including phenoxy) is 1. The number of carbonyl (C=O) groups is 1. The third kappa shape index (κ3) is 2.04. The summed E-state index contributed by atoms with van der Waals surface area (Å²) < 4.78 is 16.2. The summed E-state index contributed by atoms with van der Waals surface area (Å²) in [5.41, 5.74) is -0.239. The number of nitrogens with one attached hydrogen (secondary N) is 1. The second-order valence-corrected chi connectivity index (χ2v) is 5.27. The maximum atomic E-state index is 11.3. The normalized spacial score (nSPS) is 21.1. The smallest absolute Gasteiger partial charge is 0.463 e. The van der Waals surface area contributed by atoms with Crippen LogP contribution in [0.2, 0.25) is 0 Å². The van der Waals surface area contributed by atoms with Gasteiger partial charge in [-0.1, -0.05) is 0 Å². The molecule has 98 valence electrons. The molecule has 2 heterocycles. The zero-order valence-corrected chi connectivity index (χ0v) is 11.2. The first-order chi connectivity index (χ1) is 8.27. The molecule has 0 bridgehead atoms. The van der Waals surface area contributed by atoms with Gasteiger partial charge in [-0.2, -0.15) is 0 Å². The molecule has 1 aromatic rings. The lowest BCUT2D eigenvalue weighted by atomic mass is 9.86. The molecule has 0 aliphatic carbocycles. The zero-order chi connectivity index (χ0) is 13.6. The number of aromatic amines is 1. The first-order valence-electron chi connectivity index (χ1n) is 5.76. The highest BCUT2D eigenvalue weighted by Crippen LogP contribution is 2.36. The molecule has 1 N–H and O–H groups in total. The van der Waals surface area contributed by atoms with Gasteiger partial charge in [0.05, 0.1) is 23.9 Å². The Balaban J connectivity index is 2.20. The van der Waals surface area contributed by atoms with Crippen LogP contribution in [0, 0.1) is 0 Å². The fourth-order valence-corrected chi connectivity index (χ4v) is 1.63. The standard InChI is InChI=1S/C11H17BN2O4/c1-10(2)11(3,4)18-12(17-10)7-6-13-8(14-7)9(15)16-5/h6H,1-5H3,(H,13,14). The van der Waals surface area contributed by atoms with E-state index in [1.54, 1.807) is 0 Å². The molecule has 0 spiro atoms. The summed E-state index contributed by atoms with van der Waals surface area (Å²) in [5, 5.41) is 0. The molecule has 2 rings (SSSR count). The monoisotopic (exact) mass is 252 g/mol. The Kier molecular flexibility index (Phi) is 2.99. The molecule has 1 aliphatic rings. The highest BCUT2D eigenvalue weighted by atomic mass is 16.7. The van der Waals surface area contributed by atoms with E-state index in [0.29, 0.717) is 5.59 Å². The highest BCUT2D eigenvalue weighted by Gasteiger charge is 2.52. The summed E-state index contributed by atoms with van der Waals surface area (Å²) in [4.78, 5) is 18.1. The summed E-state index contributed by atoms with van der Waals surface area (Å²) >= 11 is 0. The van der Waals surface area contributed by atoms with Gasteiger partial charge >= 0.3 is 13.1 Å². The summed E-state index contributed by atoms with van der Waals surface area (Å²) in [6, 6.07) is 0. The van der Waals surface area contributed by atoms with E-state index in [1.165, 1.54) is 13.3 Å². The van der Waals surface area contributed by atoms with Crippen molar-refractivity contribution in [3.8, 4) is 0 Å². The summed E-state index contributed by atoms with van der Waals surface area (Å²) in [7, 11) is 0.750. The van der Waals surface area contributed by atoms with Crippen LogP contribution in [0.25, 0.3) is 0 Å². The second kappa shape index (κ2) is 4.10. The van der Waals surface area contributed by atoms with Gasteiger partial charge in [0.1, 0.15) is 0 Å². The van der Waals surface area contributed by atoms with E-state index in [1.807, 2.05) is 27.7 Å². The van der Waals surface area contributed by atoms with Gasteiger partial charge in [0.2, 0.25) is 5.82 Å². The van der Waals surface area contributed by atoms with Crippen LogP contribution in [-0.2, 0) is 14.0 Å². The van der Waals surface area contributed by atoms with Crippen molar-refractivity contribution in [2.45, 2.75) is 38.9 Å². The number of esters is 1. The van der Waals surface area contributed by atoms with E-state index in [4.69, 9.17) is 9.31 Å². The molecule has 1 fully saturated rings. The van der Waals surface area contributed by atoms with Crippen LogP contribution >= 0.6 is 0 Å². The van der Waals surface area contributed by atoms with E-state index in [9.17, 15) is 4.79 Å². The van der Waals surface area contributed by atoms with Gasteiger partial charge in [-0.25, -0.2) is 9.78 Å². The molecule has 0 radical (unpaired) electrons. The fourth-order valence-electron chi connectivity index (χ4n) is 1.63. The number of hydrogen-bond acceptors (Lipinski definition) is 5. The molecule has 0 unspecified atom stereocenters. The third-order valence-corrected chi connectivity index (χ3v) is 3.48. The maximum Gasteiger partial charge on any atom is 0.513 e. The minimum absolute atomic E-state index is 0.141. The Morgan fingerprint density at radius 1 is 1.33 bits per heavy atom. The average molecular weight is 252 g/mol. The van der Waals surface area contributed by atoms with Crippen LogP contribution in [0.4, 0.5) is 0 Å². The topological polar surface area (TPSA) is 73.4 Å². The quantitative estimate of drug-likeness (QED) is 0.612. The molecule has 0 amide bonds. The molecule has 7 heteroatoms. The minimum atomic E-state index is -0.555. The molecule has 0 atom stereocenters. The van der Waals surface area contributed by atoms with Crippen molar-refractivity contribution in [1.29, 1.82) is 0 Å². The molecule has 6 nitrogen and oxygen atoms in total.